The summed E-state index contributed by atoms with van der Waals surface area (Å²) in [6.45, 7) is 8.20. The summed E-state index contributed by atoms with van der Waals surface area (Å²) in [5.41, 5.74) is 5.94. The van der Waals surface area contributed by atoms with Crippen molar-refractivity contribution in [1.82, 2.24) is 20.0 Å². The summed E-state index contributed by atoms with van der Waals surface area (Å²) >= 11 is 0. The van der Waals surface area contributed by atoms with E-state index in [4.69, 9.17) is 5.11 Å². The Hall–Kier alpha value is -2.80. The molecule has 3 aromatic rings. The summed E-state index contributed by atoms with van der Waals surface area (Å²) < 4.78 is 15.2. The lowest BCUT2D eigenvalue weighted by atomic mass is 9.97. The molecule has 0 unspecified atom stereocenters. The van der Waals surface area contributed by atoms with Gasteiger partial charge >= 0.3 is 0 Å². The third-order valence-corrected chi connectivity index (χ3v) is 6.14. The van der Waals surface area contributed by atoms with Gasteiger partial charge < -0.3 is 10.4 Å². The molecule has 1 saturated heterocycles. The summed E-state index contributed by atoms with van der Waals surface area (Å²) in [5, 5.41) is 16.9. The molecule has 0 radical (unpaired) electrons. The van der Waals surface area contributed by atoms with E-state index in [1.165, 1.54) is 35.3 Å². The fourth-order valence-corrected chi connectivity index (χ4v) is 4.57. The SMILES string of the molecule is CCO.Cc1cc2c(cnn2-c2ccc(F)cc2)cc1[C@@H]1CN(CC2=CCCC=C2)CCN1. The molecule has 2 aliphatic rings. The van der Waals surface area contributed by atoms with Crippen LogP contribution in [0.4, 0.5) is 4.39 Å². The van der Waals surface area contributed by atoms with Crippen LogP contribution in [0.1, 0.15) is 36.9 Å². The number of halogens is 1. The average Bonchev–Trinajstić information content (AvgIpc) is 3.23. The van der Waals surface area contributed by atoms with Gasteiger partial charge in [-0.3, -0.25) is 4.90 Å². The molecule has 1 aliphatic heterocycles. The van der Waals surface area contributed by atoms with Gasteiger partial charge in [-0.2, -0.15) is 5.10 Å². The maximum absolute atomic E-state index is 13.3. The molecule has 6 heteroatoms. The second-order valence-corrected chi connectivity index (χ2v) is 8.62. The Kier molecular flexibility index (Phi) is 7.70. The van der Waals surface area contributed by atoms with Gasteiger partial charge in [0.1, 0.15) is 5.82 Å². The van der Waals surface area contributed by atoms with Crippen molar-refractivity contribution in [3.05, 3.63) is 83.3 Å². The van der Waals surface area contributed by atoms with Crippen molar-refractivity contribution in [2.45, 2.75) is 32.7 Å². The molecule has 2 N–H and O–H groups in total. The number of piperazine rings is 1. The topological polar surface area (TPSA) is 53.3 Å². The number of aryl methyl sites for hydroxylation is 1. The van der Waals surface area contributed by atoms with Crippen LogP contribution in [0, 0.1) is 12.7 Å². The molecule has 174 valence electrons. The van der Waals surface area contributed by atoms with Crippen LogP contribution < -0.4 is 5.32 Å². The van der Waals surface area contributed by atoms with Crippen molar-refractivity contribution >= 4 is 10.9 Å². The number of aromatic nitrogens is 2. The van der Waals surface area contributed by atoms with Crippen molar-refractivity contribution < 1.29 is 9.50 Å². The van der Waals surface area contributed by atoms with Gasteiger partial charge in [-0.1, -0.05) is 18.2 Å². The lowest BCUT2D eigenvalue weighted by molar-refractivity contribution is 0.216. The van der Waals surface area contributed by atoms with E-state index in [9.17, 15) is 4.39 Å². The molecule has 1 fully saturated rings. The Morgan fingerprint density at radius 3 is 2.70 bits per heavy atom. The molecule has 1 aliphatic carbocycles. The predicted molar refractivity (Wildman–Crippen MR) is 132 cm³/mol. The molecule has 5 rings (SSSR count). The maximum Gasteiger partial charge on any atom is 0.123 e. The van der Waals surface area contributed by atoms with Crippen LogP contribution in [0.5, 0.6) is 0 Å². The third-order valence-electron chi connectivity index (χ3n) is 6.14. The van der Waals surface area contributed by atoms with Gasteiger partial charge in [0.05, 0.1) is 17.4 Å². The number of allylic oxidation sites excluding steroid dienone is 2. The van der Waals surface area contributed by atoms with Gasteiger partial charge in [0.2, 0.25) is 0 Å². The second kappa shape index (κ2) is 10.9. The number of hydrogen-bond donors (Lipinski definition) is 2. The summed E-state index contributed by atoms with van der Waals surface area (Å²) in [6.07, 6.45) is 11.2. The number of fused-ring (bicyclic) bond motifs is 1. The highest BCUT2D eigenvalue weighted by Gasteiger charge is 2.23. The Morgan fingerprint density at radius 1 is 1.18 bits per heavy atom. The molecule has 0 amide bonds. The monoisotopic (exact) mass is 448 g/mol. The Labute approximate surface area is 195 Å². The molecule has 0 bridgehead atoms. The van der Waals surface area contributed by atoms with Crippen molar-refractivity contribution in [1.29, 1.82) is 0 Å². The van der Waals surface area contributed by atoms with E-state index in [1.807, 2.05) is 10.9 Å². The summed E-state index contributed by atoms with van der Waals surface area (Å²) in [7, 11) is 0. The molecule has 0 spiro atoms. The molecule has 2 heterocycles. The standard InChI is InChI=1S/C25H27FN4.C2H6O/c1-18-13-25-20(15-28-30(25)22-9-7-21(26)8-10-22)14-23(18)24-17-29(12-11-27-24)16-19-5-3-2-4-6-19;1-2-3/h3,5-10,13-15,24,27H,2,4,11-12,16-17H2,1H3;3H,2H2,1H3/t24-;/m0./s1. The van der Waals surface area contributed by atoms with Gasteiger partial charge in [0, 0.05) is 44.2 Å². The number of hydrogen-bond acceptors (Lipinski definition) is 4. The minimum atomic E-state index is -0.235. The first-order valence-corrected chi connectivity index (χ1v) is 11.8. The lowest BCUT2D eigenvalue weighted by Gasteiger charge is -2.35. The van der Waals surface area contributed by atoms with E-state index in [1.54, 1.807) is 19.1 Å². The number of nitrogens with one attached hydrogen (secondary N) is 1. The van der Waals surface area contributed by atoms with E-state index >= 15 is 0 Å². The van der Waals surface area contributed by atoms with Crippen molar-refractivity contribution in [2.24, 2.45) is 0 Å². The first-order chi connectivity index (χ1) is 16.1. The molecular formula is C27H33FN4O. The first kappa shape index (κ1) is 23.4. The van der Waals surface area contributed by atoms with Gasteiger partial charge in [0.15, 0.2) is 0 Å². The lowest BCUT2D eigenvalue weighted by Crippen LogP contribution is -2.46. The van der Waals surface area contributed by atoms with E-state index in [0.717, 1.165) is 49.2 Å². The van der Waals surface area contributed by atoms with Gasteiger partial charge in [-0.25, -0.2) is 9.07 Å². The Bertz CT molecular complexity index is 1130. The number of nitrogens with zero attached hydrogens (tertiary/aromatic N) is 3. The van der Waals surface area contributed by atoms with Crippen LogP contribution in [-0.2, 0) is 0 Å². The molecule has 33 heavy (non-hydrogen) atoms. The van der Waals surface area contributed by atoms with Crippen molar-refractivity contribution in [3.63, 3.8) is 0 Å². The Morgan fingerprint density at radius 2 is 1.97 bits per heavy atom. The number of aliphatic hydroxyl groups is 1. The van der Waals surface area contributed by atoms with Gasteiger partial charge in [0.25, 0.3) is 0 Å². The van der Waals surface area contributed by atoms with Crippen LogP contribution in [-0.4, -0.2) is 52.6 Å². The molecule has 1 atom stereocenters. The smallest absolute Gasteiger partial charge is 0.123 e. The van der Waals surface area contributed by atoms with Crippen LogP contribution in [0.3, 0.4) is 0 Å². The predicted octanol–water partition coefficient (Wildman–Crippen LogP) is 4.69. The minimum Gasteiger partial charge on any atom is -0.397 e. The fraction of sp³-hybridized carbons (Fsp3) is 0.370. The maximum atomic E-state index is 13.3. The van der Waals surface area contributed by atoms with E-state index in [0.29, 0.717) is 6.04 Å². The zero-order valence-electron chi connectivity index (χ0n) is 19.5. The minimum absolute atomic E-state index is 0.235. The third kappa shape index (κ3) is 5.58. The van der Waals surface area contributed by atoms with E-state index in [2.05, 4.69) is 52.6 Å². The van der Waals surface area contributed by atoms with E-state index < -0.39 is 0 Å². The largest absolute Gasteiger partial charge is 0.397 e. The summed E-state index contributed by atoms with van der Waals surface area (Å²) in [5.74, 6) is -0.235. The number of benzene rings is 2. The summed E-state index contributed by atoms with van der Waals surface area (Å²) in [4.78, 5) is 2.55. The first-order valence-electron chi connectivity index (χ1n) is 11.8. The number of aliphatic hydroxyl groups excluding tert-OH is 1. The molecule has 1 aromatic heterocycles. The second-order valence-electron chi connectivity index (χ2n) is 8.62. The highest BCUT2D eigenvalue weighted by atomic mass is 19.1. The molecular weight excluding hydrogens is 415 g/mol. The van der Waals surface area contributed by atoms with E-state index in [-0.39, 0.29) is 12.4 Å². The fourth-order valence-electron chi connectivity index (χ4n) is 4.57. The van der Waals surface area contributed by atoms with Gasteiger partial charge in [-0.05, 0) is 79.8 Å². The molecule has 0 saturated carbocycles. The Balaban J connectivity index is 0.000000821. The number of rotatable bonds is 4. The quantitative estimate of drug-likeness (QED) is 0.608. The summed E-state index contributed by atoms with van der Waals surface area (Å²) in [6, 6.07) is 11.3. The van der Waals surface area contributed by atoms with Crippen LogP contribution in [0.25, 0.3) is 16.6 Å². The van der Waals surface area contributed by atoms with Crippen molar-refractivity contribution in [2.75, 3.05) is 32.8 Å². The van der Waals surface area contributed by atoms with Crippen LogP contribution in [0.15, 0.2) is 66.4 Å². The van der Waals surface area contributed by atoms with Crippen LogP contribution >= 0.6 is 0 Å². The average molecular weight is 449 g/mol. The zero-order valence-corrected chi connectivity index (χ0v) is 19.5. The van der Waals surface area contributed by atoms with Gasteiger partial charge in [-0.15, -0.1) is 0 Å². The molecule has 2 aromatic carbocycles. The normalized spacial score (nSPS) is 18.7. The van der Waals surface area contributed by atoms with Crippen molar-refractivity contribution in [3.8, 4) is 5.69 Å². The van der Waals surface area contributed by atoms with Crippen LogP contribution in [0.2, 0.25) is 0 Å². The molecule has 5 nitrogen and oxygen atoms in total. The highest BCUT2D eigenvalue weighted by Crippen LogP contribution is 2.28. The highest BCUT2D eigenvalue weighted by molar-refractivity contribution is 5.82. The zero-order chi connectivity index (χ0) is 23.2.